The molecule has 1 heterocycles. The largest absolute Gasteiger partial charge is 0.480 e. The molecule has 0 spiro atoms. The molecule has 0 aromatic heterocycles. The Kier molecular flexibility index (Phi) is 5.59. The summed E-state index contributed by atoms with van der Waals surface area (Å²) < 4.78 is 0. The molecule has 1 saturated carbocycles. The highest BCUT2D eigenvalue weighted by atomic mass is 16.4. The molecule has 0 aromatic carbocycles. The molecule has 1 aliphatic heterocycles. The lowest BCUT2D eigenvalue weighted by Gasteiger charge is -2.25. The van der Waals surface area contributed by atoms with Crippen molar-refractivity contribution in [3.05, 3.63) is 0 Å². The van der Waals surface area contributed by atoms with Gasteiger partial charge in [0.25, 0.3) is 0 Å². The van der Waals surface area contributed by atoms with Crippen LogP contribution in [0.25, 0.3) is 0 Å². The number of nitrogens with one attached hydrogen (secondary N) is 1. The van der Waals surface area contributed by atoms with Crippen LogP contribution in [0.15, 0.2) is 0 Å². The third-order valence-corrected chi connectivity index (χ3v) is 4.16. The van der Waals surface area contributed by atoms with Crippen molar-refractivity contribution in [3.8, 4) is 0 Å². The highest BCUT2D eigenvalue weighted by Gasteiger charge is 2.30. The van der Waals surface area contributed by atoms with Crippen LogP contribution in [0.2, 0.25) is 0 Å². The first kappa shape index (κ1) is 15.8. The molecule has 2 amide bonds. The van der Waals surface area contributed by atoms with Gasteiger partial charge < -0.3 is 15.3 Å². The van der Waals surface area contributed by atoms with E-state index in [-0.39, 0.29) is 18.4 Å². The predicted octanol–water partition coefficient (Wildman–Crippen LogP) is 1.15. The Labute approximate surface area is 124 Å². The topological polar surface area (TPSA) is 86.7 Å². The summed E-state index contributed by atoms with van der Waals surface area (Å²) in [4.78, 5) is 36.7. The summed E-state index contributed by atoms with van der Waals surface area (Å²) in [7, 11) is 0. The quantitative estimate of drug-likeness (QED) is 0.769. The normalized spacial score (nSPS) is 21.3. The number of hydrogen-bond acceptors (Lipinski definition) is 3. The molecule has 0 radical (unpaired) electrons. The van der Waals surface area contributed by atoms with Crippen molar-refractivity contribution in [1.29, 1.82) is 0 Å². The zero-order valence-corrected chi connectivity index (χ0v) is 12.3. The zero-order valence-electron chi connectivity index (χ0n) is 12.3. The third kappa shape index (κ3) is 5.36. The minimum absolute atomic E-state index is 0.00100. The maximum absolute atomic E-state index is 12.0. The second-order valence-electron chi connectivity index (χ2n) is 6.12. The van der Waals surface area contributed by atoms with Crippen LogP contribution in [-0.2, 0) is 14.4 Å². The van der Waals surface area contributed by atoms with Gasteiger partial charge in [0.05, 0.1) is 6.54 Å². The van der Waals surface area contributed by atoms with Crippen molar-refractivity contribution < 1.29 is 19.5 Å². The molecule has 6 heteroatoms. The van der Waals surface area contributed by atoms with Crippen LogP contribution in [0.3, 0.4) is 0 Å². The Bertz CT molecular complexity index is 406. The fourth-order valence-corrected chi connectivity index (χ4v) is 2.70. The highest BCUT2D eigenvalue weighted by Crippen LogP contribution is 2.33. The van der Waals surface area contributed by atoms with Crippen molar-refractivity contribution in [2.24, 2.45) is 5.92 Å². The van der Waals surface area contributed by atoms with E-state index in [1.165, 1.54) is 0 Å². The van der Waals surface area contributed by atoms with Gasteiger partial charge in [0, 0.05) is 13.0 Å². The molecule has 0 bridgehead atoms. The molecule has 21 heavy (non-hydrogen) atoms. The highest BCUT2D eigenvalue weighted by molar-refractivity contribution is 5.88. The standard InChI is InChI=1S/C15H24N2O4/c18-13(16-12(15(20)21)9-11-6-7-11)10-17-8-4-2-1-3-5-14(17)19/h11-12H,1-10H2,(H,16,18)(H,20,21). The van der Waals surface area contributed by atoms with Gasteiger partial charge >= 0.3 is 5.97 Å². The van der Waals surface area contributed by atoms with Crippen LogP contribution < -0.4 is 5.32 Å². The Balaban J connectivity index is 1.83. The first-order valence-corrected chi connectivity index (χ1v) is 7.86. The van der Waals surface area contributed by atoms with Crippen molar-refractivity contribution in [2.45, 2.75) is 57.4 Å². The lowest BCUT2D eigenvalue weighted by atomic mass is 10.1. The number of rotatable bonds is 6. The average molecular weight is 296 g/mol. The minimum Gasteiger partial charge on any atom is -0.480 e. The number of hydrogen-bond donors (Lipinski definition) is 2. The van der Waals surface area contributed by atoms with Gasteiger partial charge in [-0.1, -0.05) is 25.7 Å². The number of amides is 2. The number of carboxylic acid groups (broad SMARTS) is 1. The Morgan fingerprint density at radius 1 is 1.24 bits per heavy atom. The summed E-state index contributed by atoms with van der Waals surface area (Å²) >= 11 is 0. The third-order valence-electron chi connectivity index (χ3n) is 4.16. The van der Waals surface area contributed by atoms with E-state index in [4.69, 9.17) is 5.11 Å². The van der Waals surface area contributed by atoms with Gasteiger partial charge in [-0.05, 0) is 25.2 Å². The summed E-state index contributed by atoms with van der Waals surface area (Å²) in [6.07, 6.45) is 6.99. The molecule has 0 aromatic rings. The van der Waals surface area contributed by atoms with Crippen LogP contribution in [0.1, 0.15) is 51.4 Å². The summed E-state index contributed by atoms with van der Waals surface area (Å²) in [6, 6.07) is -0.824. The number of likely N-dealkylation sites (tertiary alicyclic amines) is 1. The Hall–Kier alpha value is -1.59. The predicted molar refractivity (Wildman–Crippen MR) is 76.6 cm³/mol. The smallest absolute Gasteiger partial charge is 0.326 e. The van der Waals surface area contributed by atoms with E-state index < -0.39 is 12.0 Å². The zero-order chi connectivity index (χ0) is 15.2. The Morgan fingerprint density at radius 3 is 2.62 bits per heavy atom. The summed E-state index contributed by atoms with van der Waals surface area (Å²) in [5, 5.41) is 11.7. The molecule has 2 rings (SSSR count). The molecule has 2 N–H and O–H groups in total. The van der Waals surface area contributed by atoms with Gasteiger partial charge in [-0.3, -0.25) is 9.59 Å². The molecular formula is C15H24N2O4. The lowest BCUT2D eigenvalue weighted by molar-refractivity contribution is -0.143. The first-order chi connectivity index (χ1) is 10.1. The molecule has 1 saturated heterocycles. The van der Waals surface area contributed by atoms with E-state index in [9.17, 15) is 14.4 Å². The van der Waals surface area contributed by atoms with Crippen LogP contribution in [-0.4, -0.2) is 46.9 Å². The fraction of sp³-hybridized carbons (Fsp3) is 0.800. The van der Waals surface area contributed by atoms with Crippen molar-refractivity contribution in [1.82, 2.24) is 10.2 Å². The number of carbonyl (C=O) groups excluding carboxylic acids is 2. The number of carboxylic acids is 1. The van der Waals surface area contributed by atoms with E-state index in [0.717, 1.165) is 38.5 Å². The van der Waals surface area contributed by atoms with Gasteiger partial charge in [0.1, 0.15) is 6.04 Å². The van der Waals surface area contributed by atoms with E-state index in [1.807, 2.05) is 0 Å². The molecule has 118 valence electrons. The van der Waals surface area contributed by atoms with Crippen molar-refractivity contribution in [3.63, 3.8) is 0 Å². The second-order valence-corrected chi connectivity index (χ2v) is 6.12. The summed E-state index contributed by atoms with van der Waals surface area (Å²) in [5.41, 5.74) is 0. The first-order valence-electron chi connectivity index (χ1n) is 7.86. The van der Waals surface area contributed by atoms with Gasteiger partial charge in [-0.25, -0.2) is 4.79 Å². The van der Waals surface area contributed by atoms with Crippen molar-refractivity contribution in [2.75, 3.05) is 13.1 Å². The molecule has 1 unspecified atom stereocenters. The summed E-state index contributed by atoms with van der Waals surface area (Å²) in [5.74, 6) is -0.931. The molecule has 1 atom stereocenters. The van der Waals surface area contributed by atoms with Gasteiger partial charge in [0.2, 0.25) is 11.8 Å². The molecular weight excluding hydrogens is 272 g/mol. The Morgan fingerprint density at radius 2 is 1.95 bits per heavy atom. The maximum Gasteiger partial charge on any atom is 0.326 e. The number of carbonyl (C=O) groups is 3. The number of aliphatic carboxylic acids is 1. The molecule has 2 aliphatic rings. The lowest BCUT2D eigenvalue weighted by Crippen LogP contribution is -2.47. The number of nitrogens with zero attached hydrogens (tertiary/aromatic N) is 1. The van der Waals surface area contributed by atoms with Gasteiger partial charge in [-0.15, -0.1) is 0 Å². The van der Waals surface area contributed by atoms with Crippen LogP contribution in [0.4, 0.5) is 0 Å². The van der Waals surface area contributed by atoms with E-state index in [0.29, 0.717) is 25.3 Å². The van der Waals surface area contributed by atoms with Gasteiger partial charge in [-0.2, -0.15) is 0 Å². The molecule has 2 fully saturated rings. The minimum atomic E-state index is -0.991. The van der Waals surface area contributed by atoms with Crippen LogP contribution in [0.5, 0.6) is 0 Å². The molecule has 6 nitrogen and oxygen atoms in total. The van der Waals surface area contributed by atoms with E-state index >= 15 is 0 Å². The average Bonchev–Trinajstić information content (AvgIpc) is 3.21. The second kappa shape index (κ2) is 7.43. The molecule has 1 aliphatic carbocycles. The maximum atomic E-state index is 12.0. The van der Waals surface area contributed by atoms with Crippen LogP contribution >= 0.6 is 0 Å². The fourth-order valence-electron chi connectivity index (χ4n) is 2.70. The SMILES string of the molecule is O=C(CN1CCCCCCC1=O)NC(CC1CC1)C(=O)O. The van der Waals surface area contributed by atoms with Crippen LogP contribution in [0, 0.1) is 5.92 Å². The van der Waals surface area contributed by atoms with Gasteiger partial charge in [0.15, 0.2) is 0 Å². The summed E-state index contributed by atoms with van der Waals surface area (Å²) in [6.45, 7) is 0.569. The van der Waals surface area contributed by atoms with E-state index in [2.05, 4.69) is 5.32 Å². The monoisotopic (exact) mass is 296 g/mol. The van der Waals surface area contributed by atoms with Crippen molar-refractivity contribution >= 4 is 17.8 Å². The van der Waals surface area contributed by atoms with E-state index in [1.54, 1.807) is 4.90 Å².